The molecule has 0 saturated heterocycles. The molecule has 136 valence electrons. The number of amides is 2. The van der Waals surface area contributed by atoms with Crippen molar-refractivity contribution in [1.29, 1.82) is 0 Å². The molecule has 0 atom stereocenters. The number of nitro groups is 1. The van der Waals surface area contributed by atoms with E-state index in [2.05, 4.69) is 10.9 Å². The fraction of sp³-hybridized carbons (Fsp3) is 0.176. The van der Waals surface area contributed by atoms with Crippen molar-refractivity contribution >= 4 is 29.1 Å². The molecule has 0 aliphatic carbocycles. The van der Waals surface area contributed by atoms with Crippen LogP contribution < -0.4 is 15.6 Å². The highest BCUT2D eigenvalue weighted by molar-refractivity contribution is 6.31. The quantitative estimate of drug-likeness (QED) is 0.614. The van der Waals surface area contributed by atoms with Crippen molar-refractivity contribution in [2.24, 2.45) is 0 Å². The Labute approximate surface area is 154 Å². The number of nitrogens with zero attached hydrogens (tertiary/aromatic N) is 1. The highest BCUT2D eigenvalue weighted by Crippen LogP contribution is 2.23. The van der Waals surface area contributed by atoms with Gasteiger partial charge >= 0.3 is 0 Å². The van der Waals surface area contributed by atoms with Crippen LogP contribution in [0.2, 0.25) is 5.02 Å². The Morgan fingerprint density at radius 1 is 1.15 bits per heavy atom. The first-order valence-electron chi connectivity index (χ1n) is 7.51. The fourth-order valence-electron chi connectivity index (χ4n) is 2.08. The molecule has 0 spiro atoms. The Kier molecular flexibility index (Phi) is 6.13. The predicted molar refractivity (Wildman–Crippen MR) is 95.1 cm³/mol. The Morgan fingerprint density at radius 2 is 1.88 bits per heavy atom. The second-order valence-electron chi connectivity index (χ2n) is 5.48. The molecule has 2 aromatic rings. The van der Waals surface area contributed by atoms with Gasteiger partial charge in [-0.15, -0.1) is 0 Å². The fourth-order valence-corrected chi connectivity index (χ4v) is 2.25. The van der Waals surface area contributed by atoms with Gasteiger partial charge in [0.2, 0.25) is 0 Å². The summed E-state index contributed by atoms with van der Waals surface area (Å²) in [6, 6.07) is 9.18. The number of nitrogens with one attached hydrogen (secondary N) is 2. The van der Waals surface area contributed by atoms with Crippen molar-refractivity contribution in [3.8, 4) is 5.75 Å². The van der Waals surface area contributed by atoms with Crippen LogP contribution in [-0.2, 0) is 4.79 Å². The summed E-state index contributed by atoms with van der Waals surface area (Å²) in [7, 11) is 0. The van der Waals surface area contributed by atoms with Gasteiger partial charge in [-0.2, -0.15) is 0 Å². The van der Waals surface area contributed by atoms with Gasteiger partial charge in [0, 0.05) is 11.1 Å². The van der Waals surface area contributed by atoms with Crippen LogP contribution in [0.15, 0.2) is 36.4 Å². The molecule has 9 heteroatoms. The summed E-state index contributed by atoms with van der Waals surface area (Å²) in [5.74, 6) is -0.899. The molecule has 2 N–H and O–H groups in total. The zero-order valence-corrected chi connectivity index (χ0v) is 14.8. The maximum Gasteiger partial charge on any atom is 0.283 e. The van der Waals surface area contributed by atoms with Crippen LogP contribution in [0.3, 0.4) is 0 Å². The van der Waals surface area contributed by atoms with E-state index in [4.69, 9.17) is 16.3 Å². The number of carbonyl (C=O) groups is 2. The molecule has 2 aromatic carbocycles. The SMILES string of the molecule is Cc1ccc(C)c(OCC(=O)NNC(=O)c2ccc(Cl)cc2[N+](=O)[O-])c1. The second-order valence-corrected chi connectivity index (χ2v) is 5.91. The predicted octanol–water partition coefficient (Wildman–Crippen LogP) is 2.71. The number of hydrogen-bond acceptors (Lipinski definition) is 5. The first kappa shape index (κ1) is 19.2. The molecule has 0 heterocycles. The zero-order chi connectivity index (χ0) is 19.3. The number of carbonyl (C=O) groups excluding carboxylic acids is 2. The van der Waals surface area contributed by atoms with Crippen molar-refractivity contribution in [3.63, 3.8) is 0 Å². The maximum absolute atomic E-state index is 12.0. The van der Waals surface area contributed by atoms with E-state index in [0.717, 1.165) is 17.2 Å². The molecular weight excluding hydrogens is 362 g/mol. The molecule has 0 bridgehead atoms. The summed E-state index contributed by atoms with van der Waals surface area (Å²) in [6.45, 7) is 3.41. The summed E-state index contributed by atoms with van der Waals surface area (Å²) >= 11 is 5.69. The van der Waals surface area contributed by atoms with Crippen molar-refractivity contribution in [1.82, 2.24) is 10.9 Å². The number of benzene rings is 2. The van der Waals surface area contributed by atoms with E-state index in [1.54, 1.807) is 6.07 Å². The van der Waals surface area contributed by atoms with E-state index in [1.165, 1.54) is 12.1 Å². The summed E-state index contributed by atoms with van der Waals surface area (Å²) in [5, 5.41) is 11.1. The minimum Gasteiger partial charge on any atom is -0.483 e. The van der Waals surface area contributed by atoms with Gasteiger partial charge in [-0.05, 0) is 43.2 Å². The van der Waals surface area contributed by atoms with Gasteiger partial charge in [-0.25, -0.2) is 0 Å². The number of hydrazine groups is 1. The summed E-state index contributed by atoms with van der Waals surface area (Å²) in [5.41, 5.74) is 5.41. The van der Waals surface area contributed by atoms with Crippen LogP contribution in [0.4, 0.5) is 5.69 Å². The molecule has 2 rings (SSSR count). The largest absolute Gasteiger partial charge is 0.483 e. The average molecular weight is 378 g/mol. The van der Waals surface area contributed by atoms with Gasteiger partial charge in [0.15, 0.2) is 6.61 Å². The van der Waals surface area contributed by atoms with Crippen LogP contribution in [0.5, 0.6) is 5.75 Å². The number of aryl methyl sites for hydroxylation is 2. The minimum absolute atomic E-state index is 0.124. The topological polar surface area (TPSA) is 111 Å². The molecule has 0 aliphatic rings. The lowest BCUT2D eigenvalue weighted by Gasteiger charge is -2.11. The Morgan fingerprint density at radius 3 is 2.58 bits per heavy atom. The second kappa shape index (κ2) is 8.30. The molecule has 2 amide bonds. The normalized spacial score (nSPS) is 10.1. The Bertz CT molecular complexity index is 869. The first-order valence-corrected chi connectivity index (χ1v) is 7.89. The van der Waals surface area contributed by atoms with E-state index < -0.39 is 22.4 Å². The number of ether oxygens (including phenoxy) is 1. The van der Waals surface area contributed by atoms with Gasteiger partial charge in [-0.3, -0.25) is 30.6 Å². The molecule has 0 fully saturated rings. The van der Waals surface area contributed by atoms with Crippen LogP contribution in [0, 0.1) is 24.0 Å². The molecule has 0 radical (unpaired) electrons. The first-order chi connectivity index (χ1) is 12.3. The van der Waals surface area contributed by atoms with Crippen molar-refractivity contribution in [3.05, 3.63) is 68.2 Å². The number of hydrogen-bond donors (Lipinski definition) is 2. The van der Waals surface area contributed by atoms with Crippen LogP contribution in [0.1, 0.15) is 21.5 Å². The van der Waals surface area contributed by atoms with E-state index in [9.17, 15) is 19.7 Å². The molecule has 0 saturated carbocycles. The van der Waals surface area contributed by atoms with Gasteiger partial charge in [0.1, 0.15) is 11.3 Å². The molecule has 0 unspecified atom stereocenters. The van der Waals surface area contributed by atoms with E-state index in [1.807, 2.05) is 26.0 Å². The van der Waals surface area contributed by atoms with Crippen LogP contribution in [0.25, 0.3) is 0 Å². The maximum atomic E-state index is 12.0. The molecular formula is C17H16ClN3O5. The third-order valence-electron chi connectivity index (χ3n) is 3.42. The van der Waals surface area contributed by atoms with E-state index in [0.29, 0.717) is 5.75 Å². The Hall–Kier alpha value is -3.13. The van der Waals surface area contributed by atoms with Gasteiger partial charge in [0.25, 0.3) is 17.5 Å². The van der Waals surface area contributed by atoms with E-state index in [-0.39, 0.29) is 17.2 Å². The smallest absolute Gasteiger partial charge is 0.283 e. The standard InChI is InChI=1S/C17H16ClN3O5/c1-10-3-4-11(2)15(7-10)26-9-16(22)19-20-17(23)13-6-5-12(18)8-14(13)21(24)25/h3-8H,9H2,1-2H3,(H,19,22)(H,20,23). The molecule has 26 heavy (non-hydrogen) atoms. The van der Waals surface area contributed by atoms with Crippen molar-refractivity contribution in [2.45, 2.75) is 13.8 Å². The van der Waals surface area contributed by atoms with Crippen molar-refractivity contribution in [2.75, 3.05) is 6.61 Å². The average Bonchev–Trinajstić information content (AvgIpc) is 2.60. The third kappa shape index (κ3) is 4.93. The summed E-state index contributed by atoms with van der Waals surface area (Å²) in [6.07, 6.45) is 0. The van der Waals surface area contributed by atoms with Crippen molar-refractivity contribution < 1.29 is 19.2 Å². The number of nitro benzene ring substituents is 1. The monoisotopic (exact) mass is 377 g/mol. The lowest BCUT2D eigenvalue weighted by Crippen LogP contribution is -2.44. The number of halogens is 1. The summed E-state index contributed by atoms with van der Waals surface area (Å²) in [4.78, 5) is 34.1. The Balaban J connectivity index is 1.94. The zero-order valence-electron chi connectivity index (χ0n) is 14.0. The highest BCUT2D eigenvalue weighted by Gasteiger charge is 2.21. The summed E-state index contributed by atoms with van der Waals surface area (Å²) < 4.78 is 5.41. The lowest BCUT2D eigenvalue weighted by molar-refractivity contribution is -0.385. The number of rotatable bonds is 5. The van der Waals surface area contributed by atoms with Crippen LogP contribution in [-0.4, -0.2) is 23.3 Å². The van der Waals surface area contributed by atoms with Gasteiger partial charge in [0.05, 0.1) is 4.92 Å². The lowest BCUT2D eigenvalue weighted by atomic mass is 10.1. The van der Waals surface area contributed by atoms with Gasteiger partial charge < -0.3 is 4.74 Å². The third-order valence-corrected chi connectivity index (χ3v) is 3.65. The minimum atomic E-state index is -0.839. The molecule has 0 aliphatic heterocycles. The van der Waals surface area contributed by atoms with E-state index >= 15 is 0 Å². The molecule has 0 aromatic heterocycles. The van der Waals surface area contributed by atoms with Crippen LogP contribution >= 0.6 is 11.6 Å². The van der Waals surface area contributed by atoms with Gasteiger partial charge in [-0.1, -0.05) is 23.7 Å². The molecule has 8 nitrogen and oxygen atoms in total. The highest BCUT2D eigenvalue weighted by atomic mass is 35.5.